The molecule has 0 spiro atoms. The molecule has 1 unspecified atom stereocenters. The molecular weight excluding hydrogens is 257 g/mol. The van der Waals surface area contributed by atoms with Gasteiger partial charge in [-0.1, -0.05) is 0 Å². The zero-order valence-electron chi connectivity index (χ0n) is 9.02. The Kier molecular flexibility index (Phi) is 3.70. The lowest BCUT2D eigenvalue weighted by atomic mass is 10.0. The molecule has 1 rings (SSSR count). The van der Waals surface area contributed by atoms with Crippen LogP contribution < -0.4 is 0 Å². The van der Waals surface area contributed by atoms with Crippen LogP contribution in [0.1, 0.15) is 17.2 Å². The van der Waals surface area contributed by atoms with Crippen molar-refractivity contribution in [3.63, 3.8) is 0 Å². The Balaban J connectivity index is 3.41. The van der Waals surface area contributed by atoms with Crippen LogP contribution in [-0.4, -0.2) is 28.4 Å². The number of phenolic OH excluding ortho intramolecular Hbond substituents is 2. The van der Waals surface area contributed by atoms with Crippen molar-refractivity contribution in [1.82, 2.24) is 0 Å². The minimum Gasteiger partial charge on any atom is -0.504 e. The third-order valence-electron chi connectivity index (χ3n) is 2.17. The highest BCUT2D eigenvalue weighted by Gasteiger charge is 2.38. The number of rotatable bonds is 2. The van der Waals surface area contributed by atoms with Crippen LogP contribution >= 0.6 is 0 Å². The molecule has 0 aromatic heterocycles. The fourth-order valence-corrected chi connectivity index (χ4v) is 1.30. The monoisotopic (exact) mass is 266 g/mol. The van der Waals surface area contributed by atoms with Gasteiger partial charge < -0.3 is 20.1 Å². The molecule has 0 radical (unpaired) electrons. The summed E-state index contributed by atoms with van der Waals surface area (Å²) in [6.45, 7) is 0. The number of esters is 1. The second-order valence-corrected chi connectivity index (χ2v) is 3.35. The predicted octanol–water partition coefficient (Wildman–Crippen LogP) is 1.32. The van der Waals surface area contributed by atoms with E-state index in [-0.39, 0.29) is 6.07 Å². The minimum atomic E-state index is -4.91. The predicted molar refractivity (Wildman–Crippen MR) is 51.7 cm³/mol. The van der Waals surface area contributed by atoms with Crippen molar-refractivity contribution in [2.75, 3.05) is 7.11 Å². The highest BCUT2D eigenvalue weighted by atomic mass is 19.4. The summed E-state index contributed by atoms with van der Waals surface area (Å²) in [6, 6.07) is 0.677. The number of methoxy groups -OCH3 is 1. The lowest BCUT2D eigenvalue weighted by Gasteiger charge is -2.17. The van der Waals surface area contributed by atoms with E-state index in [2.05, 4.69) is 4.74 Å². The Morgan fingerprint density at radius 1 is 1.28 bits per heavy atom. The van der Waals surface area contributed by atoms with Crippen LogP contribution in [0.15, 0.2) is 12.1 Å². The number of halogens is 3. The number of alkyl halides is 3. The van der Waals surface area contributed by atoms with Gasteiger partial charge in [-0.25, -0.2) is 4.79 Å². The summed E-state index contributed by atoms with van der Waals surface area (Å²) in [5, 5.41) is 27.5. The molecule has 0 bridgehead atoms. The van der Waals surface area contributed by atoms with Gasteiger partial charge in [-0.3, -0.25) is 0 Å². The average Bonchev–Trinajstić information content (AvgIpc) is 2.28. The van der Waals surface area contributed by atoms with E-state index in [0.29, 0.717) is 6.07 Å². The normalized spacial score (nSPS) is 13.2. The third kappa shape index (κ3) is 2.65. The van der Waals surface area contributed by atoms with Crippen molar-refractivity contribution < 1.29 is 38.0 Å². The summed E-state index contributed by atoms with van der Waals surface area (Å²) < 4.78 is 42.0. The van der Waals surface area contributed by atoms with Crippen LogP contribution in [0.5, 0.6) is 11.5 Å². The molecule has 0 heterocycles. The first-order valence-electron chi connectivity index (χ1n) is 4.57. The van der Waals surface area contributed by atoms with E-state index < -0.39 is 40.9 Å². The second-order valence-electron chi connectivity index (χ2n) is 3.35. The molecule has 0 fully saturated rings. The largest absolute Gasteiger partial charge is 0.504 e. The smallest absolute Gasteiger partial charge is 0.416 e. The van der Waals surface area contributed by atoms with Gasteiger partial charge in [0.1, 0.15) is 0 Å². The molecule has 0 aliphatic heterocycles. The van der Waals surface area contributed by atoms with E-state index in [1.807, 2.05) is 0 Å². The highest BCUT2D eigenvalue weighted by Crippen LogP contribution is 2.40. The number of benzene rings is 1. The van der Waals surface area contributed by atoms with Crippen molar-refractivity contribution in [3.05, 3.63) is 23.3 Å². The molecule has 1 aromatic rings. The number of carbonyl (C=O) groups excluding carboxylic acids is 1. The fraction of sp³-hybridized carbons (Fsp3) is 0.300. The Labute approximate surface area is 99.0 Å². The number of phenols is 2. The number of aliphatic hydroxyl groups is 1. The van der Waals surface area contributed by atoms with Gasteiger partial charge in [0.2, 0.25) is 0 Å². The minimum absolute atomic E-state index is 0.219. The fourth-order valence-electron chi connectivity index (χ4n) is 1.30. The number of hydrogen-bond acceptors (Lipinski definition) is 5. The van der Waals surface area contributed by atoms with Crippen molar-refractivity contribution in [2.24, 2.45) is 0 Å². The van der Waals surface area contributed by atoms with Gasteiger partial charge >= 0.3 is 12.1 Å². The van der Waals surface area contributed by atoms with Gasteiger partial charge in [0.15, 0.2) is 17.6 Å². The van der Waals surface area contributed by atoms with Crippen molar-refractivity contribution in [3.8, 4) is 11.5 Å². The zero-order chi connectivity index (χ0) is 14.1. The van der Waals surface area contributed by atoms with E-state index in [1.165, 1.54) is 0 Å². The quantitative estimate of drug-likeness (QED) is 0.555. The van der Waals surface area contributed by atoms with Crippen LogP contribution in [0.3, 0.4) is 0 Å². The molecule has 1 atom stereocenters. The molecule has 3 N–H and O–H groups in total. The third-order valence-corrected chi connectivity index (χ3v) is 2.17. The SMILES string of the molecule is COC(=O)C(O)c1cc(O)c(O)cc1C(F)(F)F. The van der Waals surface area contributed by atoms with Gasteiger partial charge in [-0.2, -0.15) is 13.2 Å². The van der Waals surface area contributed by atoms with E-state index in [1.54, 1.807) is 0 Å². The molecule has 5 nitrogen and oxygen atoms in total. The number of hydrogen-bond donors (Lipinski definition) is 3. The molecule has 18 heavy (non-hydrogen) atoms. The molecule has 8 heteroatoms. The topological polar surface area (TPSA) is 87.0 Å². The molecule has 1 aromatic carbocycles. The molecule has 0 amide bonds. The van der Waals surface area contributed by atoms with Gasteiger partial charge in [-0.05, 0) is 12.1 Å². The van der Waals surface area contributed by atoms with Gasteiger partial charge in [0.05, 0.1) is 12.7 Å². The maximum atomic E-state index is 12.6. The Morgan fingerprint density at radius 3 is 2.22 bits per heavy atom. The molecule has 0 saturated heterocycles. The molecular formula is C10H9F3O5. The Bertz CT molecular complexity index is 469. The maximum absolute atomic E-state index is 12.6. The molecule has 0 aliphatic carbocycles. The summed E-state index contributed by atoms with van der Waals surface area (Å²) in [5.74, 6) is -3.21. The van der Waals surface area contributed by atoms with Gasteiger partial charge in [0, 0.05) is 5.56 Å². The molecule has 0 aliphatic rings. The molecule has 0 saturated carbocycles. The summed E-state index contributed by atoms with van der Waals surface area (Å²) in [5.41, 5.74) is -2.33. The van der Waals surface area contributed by atoms with Crippen molar-refractivity contribution in [2.45, 2.75) is 12.3 Å². The Hall–Kier alpha value is -1.96. The number of ether oxygens (including phenoxy) is 1. The first kappa shape index (κ1) is 14.1. The van der Waals surface area contributed by atoms with E-state index in [0.717, 1.165) is 7.11 Å². The average molecular weight is 266 g/mol. The lowest BCUT2D eigenvalue weighted by molar-refractivity contribution is -0.152. The van der Waals surface area contributed by atoms with Gasteiger partial charge in [0.25, 0.3) is 0 Å². The first-order chi connectivity index (χ1) is 8.18. The highest BCUT2D eigenvalue weighted by molar-refractivity contribution is 5.77. The lowest BCUT2D eigenvalue weighted by Crippen LogP contribution is -2.18. The van der Waals surface area contributed by atoms with Crippen LogP contribution in [0.25, 0.3) is 0 Å². The van der Waals surface area contributed by atoms with Crippen LogP contribution in [0.4, 0.5) is 13.2 Å². The molecule has 100 valence electrons. The second kappa shape index (κ2) is 4.73. The van der Waals surface area contributed by atoms with E-state index in [4.69, 9.17) is 10.2 Å². The van der Waals surface area contributed by atoms with Crippen molar-refractivity contribution in [1.29, 1.82) is 0 Å². The maximum Gasteiger partial charge on any atom is 0.416 e. The number of carbonyl (C=O) groups is 1. The van der Waals surface area contributed by atoms with Crippen LogP contribution in [0, 0.1) is 0 Å². The Morgan fingerprint density at radius 2 is 1.78 bits per heavy atom. The van der Waals surface area contributed by atoms with E-state index >= 15 is 0 Å². The standard InChI is InChI=1S/C10H9F3O5/c1-18-9(17)8(16)4-2-6(14)7(15)3-5(4)10(11,12)13/h2-3,8,14-16H,1H3. The van der Waals surface area contributed by atoms with Crippen molar-refractivity contribution >= 4 is 5.97 Å². The zero-order valence-corrected chi connectivity index (χ0v) is 9.02. The van der Waals surface area contributed by atoms with E-state index in [9.17, 15) is 23.1 Å². The van der Waals surface area contributed by atoms with Crippen LogP contribution in [-0.2, 0) is 15.7 Å². The summed E-state index contributed by atoms with van der Waals surface area (Å²) in [7, 11) is 0.888. The number of aliphatic hydroxyl groups excluding tert-OH is 1. The van der Waals surface area contributed by atoms with Crippen LogP contribution in [0.2, 0.25) is 0 Å². The van der Waals surface area contributed by atoms with Gasteiger partial charge in [-0.15, -0.1) is 0 Å². The number of aromatic hydroxyl groups is 2. The summed E-state index contributed by atoms with van der Waals surface area (Å²) >= 11 is 0. The first-order valence-corrected chi connectivity index (χ1v) is 4.57. The summed E-state index contributed by atoms with van der Waals surface area (Å²) in [6.07, 6.45) is -7.12. The summed E-state index contributed by atoms with van der Waals surface area (Å²) in [4.78, 5) is 11.0.